The number of hydrogen-bond acceptors (Lipinski definition) is 1. The van der Waals surface area contributed by atoms with Gasteiger partial charge in [0, 0.05) is 0 Å². The van der Waals surface area contributed by atoms with Crippen molar-refractivity contribution in [3.8, 4) is 11.8 Å². The molecule has 0 heterocycles. The molecule has 0 fully saturated rings. The van der Waals surface area contributed by atoms with Gasteiger partial charge in [-0.05, 0) is 20.3 Å². The minimum atomic E-state index is -0.682. The Morgan fingerprint density at radius 3 is 2.58 bits per heavy atom. The van der Waals surface area contributed by atoms with Crippen molar-refractivity contribution in [2.45, 2.75) is 26.4 Å². The van der Waals surface area contributed by atoms with Crippen LogP contribution in [0, 0.1) is 11.8 Å². The Bertz CT molecular complexity index is 196. The summed E-state index contributed by atoms with van der Waals surface area (Å²) in [5.74, 6) is 5.42. The van der Waals surface area contributed by atoms with Crippen LogP contribution in [0.5, 0.6) is 0 Å². The van der Waals surface area contributed by atoms with E-state index in [2.05, 4.69) is 11.8 Å². The molecular formula is C10H13ORb. The first-order valence-corrected chi connectivity index (χ1v) is 3.66. The van der Waals surface area contributed by atoms with Gasteiger partial charge < -0.3 is 5.11 Å². The summed E-state index contributed by atoms with van der Waals surface area (Å²) < 4.78 is 0. The third kappa shape index (κ3) is 10.8. The molecular weight excluding hydrogens is 222 g/mol. The molecule has 12 heavy (non-hydrogen) atoms. The molecule has 0 aromatic heterocycles. The second kappa shape index (κ2) is 11.8. The summed E-state index contributed by atoms with van der Waals surface area (Å²) in [5, 5.41) is 10.9. The van der Waals surface area contributed by atoms with Crippen LogP contribution in [0.2, 0.25) is 0 Å². The third-order valence-electron chi connectivity index (χ3n) is 1.11. The van der Waals surface area contributed by atoms with Gasteiger partial charge >= 0.3 is 58.2 Å². The zero-order chi connectivity index (χ0) is 8.53. The predicted molar refractivity (Wildman–Crippen MR) is 45.8 cm³/mol. The monoisotopic (exact) mass is 234 g/mol. The zero-order valence-electron chi connectivity index (χ0n) is 8.00. The molecule has 0 unspecified atom stereocenters. The second-order valence-electron chi connectivity index (χ2n) is 2.08. The Balaban J connectivity index is 0. The first-order chi connectivity index (χ1) is 5.31. The van der Waals surface area contributed by atoms with E-state index in [4.69, 9.17) is 0 Å². The fourth-order valence-electron chi connectivity index (χ4n) is 0.570. The first kappa shape index (κ1) is 15.3. The molecule has 0 aromatic rings. The van der Waals surface area contributed by atoms with Crippen LogP contribution in [0.1, 0.15) is 20.3 Å². The molecule has 1 atom stereocenters. The molecule has 0 amide bonds. The van der Waals surface area contributed by atoms with E-state index >= 15 is 0 Å². The van der Waals surface area contributed by atoms with E-state index in [0.29, 0.717) is 6.42 Å². The fraction of sp³-hybridized carbons (Fsp3) is 0.400. The van der Waals surface area contributed by atoms with Crippen molar-refractivity contribution in [3.63, 3.8) is 0 Å². The largest absolute Gasteiger partial charge is 1.00 e. The van der Waals surface area contributed by atoms with Gasteiger partial charge in [-0.15, -0.1) is 11.8 Å². The minimum Gasteiger partial charge on any atom is -0.848 e. The van der Waals surface area contributed by atoms with Crippen molar-refractivity contribution in [2.75, 3.05) is 0 Å². The Morgan fingerprint density at radius 1 is 1.42 bits per heavy atom. The summed E-state index contributed by atoms with van der Waals surface area (Å²) in [7, 11) is 0. The Morgan fingerprint density at radius 2 is 2.08 bits per heavy atom. The third-order valence-corrected chi connectivity index (χ3v) is 1.11. The van der Waals surface area contributed by atoms with Crippen LogP contribution in [-0.4, -0.2) is 6.10 Å². The van der Waals surface area contributed by atoms with Gasteiger partial charge in [0.2, 0.25) is 0 Å². The van der Waals surface area contributed by atoms with Crippen LogP contribution < -0.4 is 63.3 Å². The molecule has 0 bridgehead atoms. The summed E-state index contributed by atoms with van der Waals surface area (Å²) in [6.07, 6.45) is 6.82. The van der Waals surface area contributed by atoms with E-state index in [1.807, 2.05) is 19.1 Å². The summed E-state index contributed by atoms with van der Waals surface area (Å²) in [6.45, 7) is 3.65. The first-order valence-electron chi connectivity index (χ1n) is 3.66. The predicted octanol–water partition coefficient (Wildman–Crippen LogP) is -1.73. The fourth-order valence-corrected chi connectivity index (χ4v) is 0.570. The van der Waals surface area contributed by atoms with E-state index in [-0.39, 0.29) is 58.2 Å². The van der Waals surface area contributed by atoms with Crippen molar-refractivity contribution in [3.05, 3.63) is 24.3 Å². The second-order valence-corrected chi connectivity index (χ2v) is 2.08. The van der Waals surface area contributed by atoms with Crippen molar-refractivity contribution in [1.82, 2.24) is 0 Å². The summed E-state index contributed by atoms with van der Waals surface area (Å²) in [4.78, 5) is 0. The number of hydrogen-bond donors (Lipinski definition) is 0. The topological polar surface area (TPSA) is 23.1 Å². The molecule has 1 nitrogen and oxygen atoms in total. The SMILES string of the molecule is CC#CC[C@@H]([O-])/C=C/C=C/C.[Rb+]. The molecule has 2 heteroatoms. The van der Waals surface area contributed by atoms with Crippen LogP contribution in [0.4, 0.5) is 0 Å². The van der Waals surface area contributed by atoms with Crippen molar-refractivity contribution in [1.29, 1.82) is 0 Å². The molecule has 0 aliphatic rings. The molecule has 0 saturated heterocycles. The van der Waals surface area contributed by atoms with Gasteiger partial charge in [0.25, 0.3) is 0 Å². The van der Waals surface area contributed by atoms with Crippen molar-refractivity contribution >= 4 is 0 Å². The van der Waals surface area contributed by atoms with Crippen LogP contribution >= 0.6 is 0 Å². The maximum atomic E-state index is 10.9. The molecule has 0 saturated carbocycles. The average Bonchev–Trinajstić information content (AvgIpc) is 2.01. The molecule has 0 aromatic carbocycles. The molecule has 0 radical (unpaired) electrons. The zero-order valence-corrected chi connectivity index (χ0v) is 12.9. The van der Waals surface area contributed by atoms with E-state index in [9.17, 15) is 5.11 Å². The standard InChI is InChI=1S/C10H13O.Rb/c1-3-5-7-9-10(11)8-6-4-2;/h3,5,7,9-10H,8H2,1-2H3;/q-1;+1/b5-3+,9-7+;/t10-;/m1./s1. The Kier molecular flexibility index (Phi) is 15.0. The number of allylic oxidation sites excluding steroid dienone is 3. The molecule has 0 aliphatic heterocycles. The summed E-state index contributed by atoms with van der Waals surface area (Å²) >= 11 is 0. The molecule has 60 valence electrons. The van der Waals surface area contributed by atoms with Gasteiger partial charge in [-0.3, -0.25) is 0 Å². The van der Waals surface area contributed by atoms with E-state index < -0.39 is 6.10 Å². The van der Waals surface area contributed by atoms with Gasteiger partial charge in [-0.2, -0.15) is 0 Å². The van der Waals surface area contributed by atoms with Crippen LogP contribution in [0.3, 0.4) is 0 Å². The minimum absolute atomic E-state index is 0. The van der Waals surface area contributed by atoms with Gasteiger partial charge in [0.1, 0.15) is 0 Å². The van der Waals surface area contributed by atoms with Gasteiger partial charge in [-0.1, -0.05) is 30.4 Å². The van der Waals surface area contributed by atoms with Crippen LogP contribution in [0.25, 0.3) is 0 Å². The van der Waals surface area contributed by atoms with Gasteiger partial charge in [0.15, 0.2) is 0 Å². The maximum absolute atomic E-state index is 10.9. The van der Waals surface area contributed by atoms with Crippen molar-refractivity contribution < 1.29 is 63.3 Å². The van der Waals surface area contributed by atoms with Crippen LogP contribution in [0.15, 0.2) is 24.3 Å². The van der Waals surface area contributed by atoms with Crippen molar-refractivity contribution in [2.24, 2.45) is 0 Å². The molecule has 0 spiro atoms. The summed E-state index contributed by atoms with van der Waals surface area (Å²) in [5.41, 5.74) is 0. The quantitative estimate of drug-likeness (QED) is 0.420. The summed E-state index contributed by atoms with van der Waals surface area (Å²) in [6, 6.07) is 0. The number of rotatable bonds is 3. The normalized spacial score (nSPS) is 12.2. The Labute approximate surface area is 124 Å². The van der Waals surface area contributed by atoms with Crippen LogP contribution in [-0.2, 0) is 0 Å². The van der Waals surface area contributed by atoms with E-state index in [1.165, 1.54) is 0 Å². The van der Waals surface area contributed by atoms with E-state index in [0.717, 1.165) is 0 Å². The smallest absolute Gasteiger partial charge is 0.848 e. The molecule has 0 N–H and O–H groups in total. The maximum Gasteiger partial charge on any atom is 1.00 e. The Hall–Kier alpha value is 0.805. The van der Waals surface area contributed by atoms with E-state index in [1.54, 1.807) is 19.1 Å². The van der Waals surface area contributed by atoms with Gasteiger partial charge in [0.05, 0.1) is 0 Å². The molecule has 0 rings (SSSR count). The molecule has 0 aliphatic carbocycles. The average molecular weight is 235 g/mol. The van der Waals surface area contributed by atoms with Gasteiger partial charge in [-0.25, -0.2) is 0 Å².